The summed E-state index contributed by atoms with van der Waals surface area (Å²) in [5.41, 5.74) is -0.481. The summed E-state index contributed by atoms with van der Waals surface area (Å²) in [4.78, 5) is 25.2. The number of aliphatic hydroxyl groups is 5. The highest BCUT2D eigenvalue weighted by Crippen LogP contribution is 2.67. The Morgan fingerprint density at radius 2 is 1.78 bits per heavy atom. The van der Waals surface area contributed by atoms with Crippen LogP contribution in [0.4, 0.5) is 0 Å². The number of aliphatic carboxylic acids is 1. The molecule has 0 aromatic heterocycles. The third-order valence-corrected chi connectivity index (χ3v) is 11.2. The number of hydrogen-bond acceptors (Lipinski definition) is 9. The predicted octanol–water partition coefficient (Wildman–Crippen LogP) is 0.455. The fourth-order valence-electron chi connectivity index (χ4n) is 9.31. The molecule has 6 N–H and O–H groups in total. The molecular weight excluding hydrogens is 484 g/mol. The van der Waals surface area contributed by atoms with Crippen LogP contribution >= 0.6 is 0 Å². The molecule has 5 aliphatic rings. The molecule has 1 aliphatic heterocycles. The fourth-order valence-corrected chi connectivity index (χ4v) is 9.31. The second-order valence-corrected chi connectivity index (χ2v) is 12.9. The first-order valence-corrected chi connectivity index (χ1v) is 13.8. The molecule has 0 aromatic rings. The van der Waals surface area contributed by atoms with E-state index in [9.17, 15) is 40.2 Å². The van der Waals surface area contributed by atoms with Gasteiger partial charge in [0, 0.05) is 12.3 Å². The van der Waals surface area contributed by atoms with E-state index in [1.165, 1.54) is 0 Å². The van der Waals surface area contributed by atoms with Crippen LogP contribution in [0.1, 0.15) is 65.2 Å². The van der Waals surface area contributed by atoms with Crippen LogP contribution in [-0.4, -0.2) is 91.9 Å². The molecule has 4 aliphatic carbocycles. The van der Waals surface area contributed by atoms with Crippen LogP contribution in [0, 0.1) is 40.4 Å². The van der Waals surface area contributed by atoms with Gasteiger partial charge in [-0.15, -0.1) is 0 Å². The van der Waals surface area contributed by atoms with E-state index >= 15 is 0 Å². The van der Waals surface area contributed by atoms with Crippen molar-refractivity contribution in [3.63, 3.8) is 0 Å². The summed E-state index contributed by atoms with van der Waals surface area (Å²) in [6, 6.07) is 0. The zero-order valence-corrected chi connectivity index (χ0v) is 21.6. The Hall–Kier alpha value is -1.14. The normalized spacial score (nSPS) is 52.6. The van der Waals surface area contributed by atoms with Crippen molar-refractivity contribution in [2.24, 2.45) is 40.4 Å². The van der Waals surface area contributed by atoms with Crippen LogP contribution < -0.4 is 0 Å². The number of carboxylic acid groups (broad SMARTS) is 1. The monoisotopic (exact) mass is 526 g/mol. The number of hydrogen-bond donors (Lipinski definition) is 6. The average Bonchev–Trinajstić information content (AvgIpc) is 3.19. The molecule has 210 valence electrons. The first-order chi connectivity index (χ1) is 17.4. The molecule has 1 heterocycles. The van der Waals surface area contributed by atoms with Gasteiger partial charge in [0.25, 0.3) is 0 Å². The van der Waals surface area contributed by atoms with Crippen molar-refractivity contribution in [3.8, 4) is 0 Å². The fraction of sp³-hybridized carbons (Fsp3) is 0.926. The minimum Gasteiger partial charge on any atom is -0.479 e. The summed E-state index contributed by atoms with van der Waals surface area (Å²) in [5, 5.41) is 59.8. The second-order valence-electron chi connectivity index (χ2n) is 12.9. The van der Waals surface area contributed by atoms with E-state index in [0.29, 0.717) is 25.2 Å². The molecule has 0 spiro atoms. The SMILES string of the molecule is C[C@]12CC[C@@H](O[C@@H]3O[C@@H](C(=O)O)[C@@H](O)[C@H](O)[C@H]3O)C[C@H]1CC[C@H]1[C@@H]3CC[C@H]([C@@H](O)CO)[C@@]3(C)CC(=O)[C@@H]12. The van der Waals surface area contributed by atoms with Crippen molar-refractivity contribution in [2.75, 3.05) is 6.61 Å². The second kappa shape index (κ2) is 9.80. The van der Waals surface area contributed by atoms with E-state index in [0.717, 1.165) is 32.1 Å². The van der Waals surface area contributed by atoms with Gasteiger partial charge in [0.05, 0.1) is 18.8 Å². The third-order valence-electron chi connectivity index (χ3n) is 11.2. The number of aliphatic hydroxyl groups excluding tert-OH is 5. The molecule has 4 saturated carbocycles. The lowest BCUT2D eigenvalue weighted by Gasteiger charge is -2.60. The van der Waals surface area contributed by atoms with Gasteiger partial charge in [-0.05, 0) is 79.4 Å². The molecule has 5 rings (SSSR count). The summed E-state index contributed by atoms with van der Waals surface area (Å²) in [6.07, 6.45) is -3.13. The van der Waals surface area contributed by atoms with E-state index in [1.54, 1.807) is 0 Å². The third kappa shape index (κ3) is 4.27. The number of rotatable bonds is 5. The Labute approximate surface area is 217 Å². The molecule has 5 fully saturated rings. The number of carbonyl (C=O) groups excluding carboxylic acids is 1. The molecule has 37 heavy (non-hydrogen) atoms. The van der Waals surface area contributed by atoms with Gasteiger partial charge in [-0.25, -0.2) is 4.79 Å². The standard InChI is InChI=1S/C27H42O10/c1-26-8-7-13(36-25-22(33)20(31)21(32)23(37-25)24(34)35)9-12(26)3-4-14-15-5-6-16(18(30)11-28)27(15,2)10-17(29)19(14)26/h12-16,18-23,25,28,30-33H,3-11H2,1-2H3,(H,34,35)/t12-,13-,14+,15+,16-,18+,19-,20+,21+,22-,23-,25-,26+,27+/m1/s1. The Morgan fingerprint density at radius 1 is 1.05 bits per heavy atom. The zero-order chi connectivity index (χ0) is 26.9. The van der Waals surface area contributed by atoms with Crippen molar-refractivity contribution >= 4 is 11.8 Å². The molecule has 1 saturated heterocycles. The summed E-state index contributed by atoms with van der Waals surface area (Å²) in [5.74, 6) is -0.470. The van der Waals surface area contributed by atoms with E-state index in [4.69, 9.17) is 9.47 Å². The smallest absolute Gasteiger partial charge is 0.335 e. The molecule has 0 amide bonds. The average molecular weight is 527 g/mol. The van der Waals surface area contributed by atoms with Gasteiger partial charge in [-0.1, -0.05) is 13.8 Å². The molecule has 14 atom stereocenters. The summed E-state index contributed by atoms with van der Waals surface area (Å²) < 4.78 is 11.3. The molecule has 10 heteroatoms. The minimum absolute atomic E-state index is 0.0554. The lowest BCUT2D eigenvalue weighted by Crippen LogP contribution is -2.61. The minimum atomic E-state index is -1.76. The van der Waals surface area contributed by atoms with Gasteiger partial charge in [-0.2, -0.15) is 0 Å². The van der Waals surface area contributed by atoms with Crippen LogP contribution in [0.25, 0.3) is 0 Å². The Balaban J connectivity index is 1.29. The van der Waals surface area contributed by atoms with E-state index in [2.05, 4.69) is 13.8 Å². The highest BCUT2D eigenvalue weighted by Gasteiger charge is 2.64. The number of Topliss-reactive ketones (excluding diaryl/α,β-unsaturated/α-hetero) is 1. The zero-order valence-electron chi connectivity index (χ0n) is 21.6. The maximum atomic E-state index is 13.8. The summed E-state index contributed by atoms with van der Waals surface area (Å²) in [7, 11) is 0. The highest BCUT2D eigenvalue weighted by atomic mass is 16.7. The maximum Gasteiger partial charge on any atom is 0.335 e. The maximum absolute atomic E-state index is 13.8. The van der Waals surface area contributed by atoms with Gasteiger partial charge in [0.15, 0.2) is 12.4 Å². The van der Waals surface area contributed by atoms with Gasteiger partial charge in [-0.3, -0.25) is 4.79 Å². The summed E-state index contributed by atoms with van der Waals surface area (Å²) in [6.45, 7) is 4.07. The van der Waals surface area contributed by atoms with Gasteiger partial charge >= 0.3 is 5.97 Å². The molecular formula is C27H42O10. The van der Waals surface area contributed by atoms with Gasteiger partial charge in [0.1, 0.15) is 24.1 Å². The van der Waals surface area contributed by atoms with Crippen LogP contribution in [0.2, 0.25) is 0 Å². The lowest BCUT2D eigenvalue weighted by atomic mass is 9.44. The van der Waals surface area contributed by atoms with Crippen molar-refractivity contribution in [2.45, 2.75) is 108 Å². The Kier molecular flexibility index (Phi) is 7.26. The molecule has 0 radical (unpaired) electrons. The topological polar surface area (TPSA) is 174 Å². The van der Waals surface area contributed by atoms with Crippen LogP contribution in [0.15, 0.2) is 0 Å². The lowest BCUT2D eigenvalue weighted by molar-refractivity contribution is -0.309. The van der Waals surface area contributed by atoms with Crippen molar-refractivity contribution in [3.05, 3.63) is 0 Å². The number of fused-ring (bicyclic) bond motifs is 5. The molecule has 10 nitrogen and oxygen atoms in total. The van der Waals surface area contributed by atoms with Crippen LogP contribution in [0.3, 0.4) is 0 Å². The van der Waals surface area contributed by atoms with E-state index in [-0.39, 0.29) is 53.0 Å². The van der Waals surface area contributed by atoms with E-state index < -0.39 is 42.8 Å². The number of carboxylic acids is 1. The van der Waals surface area contributed by atoms with E-state index in [1.807, 2.05) is 0 Å². The summed E-state index contributed by atoms with van der Waals surface area (Å²) >= 11 is 0. The highest BCUT2D eigenvalue weighted by molar-refractivity contribution is 5.84. The van der Waals surface area contributed by atoms with Crippen LogP contribution in [0.5, 0.6) is 0 Å². The predicted molar refractivity (Wildman–Crippen MR) is 128 cm³/mol. The largest absolute Gasteiger partial charge is 0.479 e. The van der Waals surface area contributed by atoms with Crippen molar-refractivity contribution in [1.29, 1.82) is 0 Å². The number of ether oxygens (including phenoxy) is 2. The number of ketones is 1. The van der Waals surface area contributed by atoms with Gasteiger partial charge in [0.2, 0.25) is 0 Å². The van der Waals surface area contributed by atoms with Crippen molar-refractivity contribution in [1.82, 2.24) is 0 Å². The quantitative estimate of drug-likeness (QED) is 0.276. The molecule has 0 bridgehead atoms. The Bertz CT molecular complexity index is 896. The van der Waals surface area contributed by atoms with Gasteiger partial charge < -0.3 is 40.1 Å². The van der Waals surface area contributed by atoms with Crippen molar-refractivity contribution < 1.29 is 49.7 Å². The van der Waals surface area contributed by atoms with Crippen LogP contribution in [-0.2, 0) is 19.1 Å². The Morgan fingerprint density at radius 3 is 2.46 bits per heavy atom. The first-order valence-electron chi connectivity index (χ1n) is 13.8. The first kappa shape index (κ1) is 27.4. The molecule has 0 unspecified atom stereocenters. The molecule has 0 aromatic carbocycles. The number of carbonyl (C=O) groups is 2.